The average Bonchev–Trinajstić information content (AvgIpc) is 2.38. The maximum atomic E-state index is 12.5. The molecule has 0 aliphatic carbocycles. The molecule has 1 fully saturated rings. The molecule has 1 aliphatic heterocycles. The normalized spacial score (nSPS) is 20.2. The Labute approximate surface area is 113 Å². The van der Waals surface area contributed by atoms with Gasteiger partial charge in [-0.1, -0.05) is 31.5 Å². The first-order chi connectivity index (χ1) is 8.59. The Bertz CT molecular complexity index is 434. The molecule has 1 aromatic carbocycles. The summed E-state index contributed by atoms with van der Waals surface area (Å²) in [5.41, 5.74) is 0.676. The number of benzene rings is 1. The van der Waals surface area contributed by atoms with Gasteiger partial charge in [-0.2, -0.15) is 0 Å². The number of hydrogen-bond donors (Lipinski definition) is 1. The second kappa shape index (κ2) is 5.72. The van der Waals surface area contributed by atoms with Crippen LogP contribution in [0.3, 0.4) is 0 Å². The highest BCUT2D eigenvalue weighted by molar-refractivity contribution is 6.30. The lowest BCUT2D eigenvalue weighted by Crippen LogP contribution is -2.55. The molecule has 1 unspecified atom stereocenters. The molecule has 0 radical (unpaired) electrons. The second-order valence-electron chi connectivity index (χ2n) is 5.02. The smallest absolute Gasteiger partial charge is 0.254 e. The molecule has 1 amide bonds. The molecule has 0 aromatic heterocycles. The van der Waals surface area contributed by atoms with Gasteiger partial charge < -0.3 is 10.2 Å². The van der Waals surface area contributed by atoms with Crippen LogP contribution in [0.2, 0.25) is 5.02 Å². The zero-order valence-electron chi connectivity index (χ0n) is 10.8. The molecule has 1 heterocycles. The second-order valence-corrected chi connectivity index (χ2v) is 5.46. The van der Waals surface area contributed by atoms with Gasteiger partial charge in [0.25, 0.3) is 5.91 Å². The lowest BCUT2D eigenvalue weighted by molar-refractivity contribution is 0.0573. The number of piperazine rings is 1. The van der Waals surface area contributed by atoms with Gasteiger partial charge in [0.15, 0.2) is 0 Å². The Kier molecular flexibility index (Phi) is 4.25. The molecule has 0 saturated carbocycles. The van der Waals surface area contributed by atoms with Crippen LogP contribution in [0.4, 0.5) is 0 Å². The summed E-state index contributed by atoms with van der Waals surface area (Å²) in [6.45, 7) is 6.78. The minimum absolute atomic E-state index is 0.0812. The Hall–Kier alpha value is -1.06. The number of nitrogens with zero attached hydrogens (tertiary/aromatic N) is 1. The molecule has 0 spiro atoms. The molecular weight excluding hydrogens is 248 g/mol. The van der Waals surface area contributed by atoms with Gasteiger partial charge in [-0.25, -0.2) is 0 Å². The minimum Gasteiger partial charge on any atom is -0.333 e. The van der Waals surface area contributed by atoms with Gasteiger partial charge in [0.05, 0.1) is 0 Å². The van der Waals surface area contributed by atoms with Crippen LogP contribution in [0.1, 0.15) is 24.2 Å². The van der Waals surface area contributed by atoms with Gasteiger partial charge in [-0.05, 0) is 24.1 Å². The van der Waals surface area contributed by atoms with Crippen LogP contribution in [0.5, 0.6) is 0 Å². The maximum absolute atomic E-state index is 12.5. The topological polar surface area (TPSA) is 32.3 Å². The van der Waals surface area contributed by atoms with Gasteiger partial charge in [0.1, 0.15) is 0 Å². The van der Waals surface area contributed by atoms with E-state index in [1.54, 1.807) is 12.1 Å². The van der Waals surface area contributed by atoms with Gasteiger partial charge in [-0.15, -0.1) is 0 Å². The highest BCUT2D eigenvalue weighted by Crippen LogP contribution is 2.18. The van der Waals surface area contributed by atoms with Crippen molar-refractivity contribution in [2.75, 3.05) is 19.6 Å². The van der Waals surface area contributed by atoms with Crippen molar-refractivity contribution in [1.82, 2.24) is 10.2 Å². The Morgan fingerprint density at radius 3 is 2.94 bits per heavy atom. The van der Waals surface area contributed by atoms with E-state index in [0.29, 0.717) is 16.5 Å². The van der Waals surface area contributed by atoms with E-state index in [0.717, 1.165) is 19.6 Å². The molecule has 18 heavy (non-hydrogen) atoms. The van der Waals surface area contributed by atoms with Crippen molar-refractivity contribution in [1.29, 1.82) is 0 Å². The van der Waals surface area contributed by atoms with E-state index in [1.807, 2.05) is 17.0 Å². The summed E-state index contributed by atoms with van der Waals surface area (Å²) in [7, 11) is 0. The van der Waals surface area contributed by atoms with Crippen molar-refractivity contribution in [3.05, 3.63) is 34.9 Å². The fourth-order valence-electron chi connectivity index (χ4n) is 2.36. The zero-order valence-corrected chi connectivity index (χ0v) is 11.6. The third-order valence-corrected chi connectivity index (χ3v) is 3.62. The molecule has 1 aromatic rings. The molecule has 98 valence electrons. The number of carbonyl (C=O) groups is 1. The highest BCUT2D eigenvalue weighted by atomic mass is 35.5. The monoisotopic (exact) mass is 266 g/mol. The van der Waals surface area contributed by atoms with Crippen molar-refractivity contribution >= 4 is 17.5 Å². The first-order valence-corrected chi connectivity index (χ1v) is 6.74. The van der Waals surface area contributed by atoms with Crippen LogP contribution < -0.4 is 5.32 Å². The SMILES string of the molecule is CC(C)C1CNCCN1C(=O)c1cccc(Cl)c1. The van der Waals surface area contributed by atoms with Gasteiger partial charge in [0, 0.05) is 36.3 Å². The third-order valence-electron chi connectivity index (χ3n) is 3.39. The molecule has 1 atom stereocenters. The zero-order chi connectivity index (χ0) is 13.1. The Morgan fingerprint density at radius 1 is 1.50 bits per heavy atom. The molecule has 2 rings (SSSR count). The summed E-state index contributed by atoms with van der Waals surface area (Å²) in [5.74, 6) is 0.527. The number of nitrogens with one attached hydrogen (secondary N) is 1. The van der Waals surface area contributed by atoms with Crippen LogP contribution in [0.25, 0.3) is 0 Å². The molecule has 1 aliphatic rings. The molecular formula is C14H19ClN2O. The molecule has 3 nitrogen and oxygen atoms in total. The fourth-order valence-corrected chi connectivity index (χ4v) is 2.55. The number of rotatable bonds is 2. The Balaban J connectivity index is 2.21. The maximum Gasteiger partial charge on any atom is 0.254 e. The van der Waals surface area contributed by atoms with E-state index in [9.17, 15) is 4.79 Å². The summed E-state index contributed by atoms with van der Waals surface area (Å²) in [6, 6.07) is 7.43. The number of halogens is 1. The summed E-state index contributed by atoms with van der Waals surface area (Å²) in [4.78, 5) is 14.5. The van der Waals surface area contributed by atoms with Crippen molar-refractivity contribution < 1.29 is 4.79 Å². The molecule has 0 bridgehead atoms. The van der Waals surface area contributed by atoms with E-state index in [1.165, 1.54) is 0 Å². The van der Waals surface area contributed by atoms with Gasteiger partial charge in [0.2, 0.25) is 0 Å². The van der Waals surface area contributed by atoms with Crippen molar-refractivity contribution in [3.63, 3.8) is 0 Å². The van der Waals surface area contributed by atoms with Crippen molar-refractivity contribution in [3.8, 4) is 0 Å². The predicted octanol–water partition coefficient (Wildman–Crippen LogP) is 2.41. The van der Waals surface area contributed by atoms with E-state index < -0.39 is 0 Å². The van der Waals surface area contributed by atoms with E-state index in [4.69, 9.17) is 11.6 Å². The number of hydrogen-bond acceptors (Lipinski definition) is 2. The molecule has 1 N–H and O–H groups in total. The van der Waals surface area contributed by atoms with Crippen LogP contribution in [0.15, 0.2) is 24.3 Å². The lowest BCUT2D eigenvalue weighted by atomic mass is 9.99. The van der Waals surface area contributed by atoms with E-state index in [-0.39, 0.29) is 11.9 Å². The quantitative estimate of drug-likeness (QED) is 0.892. The van der Waals surface area contributed by atoms with Crippen molar-refractivity contribution in [2.24, 2.45) is 5.92 Å². The van der Waals surface area contributed by atoms with Gasteiger partial charge >= 0.3 is 0 Å². The summed E-state index contributed by atoms with van der Waals surface area (Å²) >= 11 is 5.94. The minimum atomic E-state index is 0.0812. The summed E-state index contributed by atoms with van der Waals surface area (Å²) in [6.07, 6.45) is 0. The van der Waals surface area contributed by atoms with Crippen LogP contribution in [-0.4, -0.2) is 36.5 Å². The standard InChI is InChI=1S/C14H19ClN2O/c1-10(2)13-9-16-6-7-17(13)14(18)11-4-3-5-12(15)8-11/h3-5,8,10,13,16H,6-7,9H2,1-2H3. The van der Waals surface area contributed by atoms with Crippen LogP contribution >= 0.6 is 11.6 Å². The number of carbonyl (C=O) groups excluding carboxylic acids is 1. The molecule has 4 heteroatoms. The summed E-state index contributed by atoms with van der Waals surface area (Å²) < 4.78 is 0. The highest BCUT2D eigenvalue weighted by Gasteiger charge is 2.29. The largest absolute Gasteiger partial charge is 0.333 e. The average molecular weight is 267 g/mol. The van der Waals surface area contributed by atoms with E-state index >= 15 is 0 Å². The fraction of sp³-hybridized carbons (Fsp3) is 0.500. The van der Waals surface area contributed by atoms with Crippen molar-refractivity contribution in [2.45, 2.75) is 19.9 Å². The summed E-state index contributed by atoms with van der Waals surface area (Å²) in [5, 5.41) is 3.95. The first-order valence-electron chi connectivity index (χ1n) is 6.37. The van der Waals surface area contributed by atoms with Crippen LogP contribution in [-0.2, 0) is 0 Å². The lowest BCUT2D eigenvalue weighted by Gasteiger charge is -2.38. The van der Waals surface area contributed by atoms with Crippen LogP contribution in [0, 0.1) is 5.92 Å². The first kappa shape index (κ1) is 13.4. The number of amides is 1. The third kappa shape index (κ3) is 2.85. The Morgan fingerprint density at radius 2 is 2.28 bits per heavy atom. The van der Waals surface area contributed by atoms with E-state index in [2.05, 4.69) is 19.2 Å². The van der Waals surface area contributed by atoms with Gasteiger partial charge in [-0.3, -0.25) is 4.79 Å². The predicted molar refractivity (Wildman–Crippen MR) is 74.0 cm³/mol. The molecule has 1 saturated heterocycles.